The van der Waals surface area contributed by atoms with Gasteiger partial charge in [0.15, 0.2) is 0 Å². The summed E-state index contributed by atoms with van der Waals surface area (Å²) < 4.78 is 24.4. The summed E-state index contributed by atoms with van der Waals surface area (Å²) in [5.41, 5.74) is 0.434. The van der Waals surface area contributed by atoms with Crippen LogP contribution in [0.4, 0.5) is 0 Å². The molecule has 1 unspecified atom stereocenters. The summed E-state index contributed by atoms with van der Waals surface area (Å²) in [6.45, 7) is 0. The molecule has 0 aliphatic heterocycles. The number of rotatable bonds is 2. The highest BCUT2D eigenvalue weighted by atomic mass is 32.2. The fourth-order valence-electron chi connectivity index (χ4n) is 0.433. The van der Waals surface area contributed by atoms with Gasteiger partial charge < -0.3 is 9.08 Å². The Balaban J connectivity index is 2.58. The molecule has 0 N–H and O–H groups in total. The molecule has 1 aromatic rings. The van der Waals surface area contributed by atoms with E-state index in [9.17, 15) is 8.76 Å². The zero-order valence-electron chi connectivity index (χ0n) is 4.44. The lowest BCUT2D eigenvalue weighted by Gasteiger charge is -1.97. The minimum absolute atomic E-state index is 0.0729. The fourth-order valence-corrected chi connectivity index (χ4v) is 0.823. The topological polar surface area (TPSA) is 66.2 Å². The SMILES string of the molecule is O=S([O-])Cc1ccon1. The Morgan fingerprint density at radius 3 is 3.11 bits per heavy atom. The molecule has 1 heterocycles. The molecule has 9 heavy (non-hydrogen) atoms. The van der Waals surface area contributed by atoms with Crippen LogP contribution in [0.3, 0.4) is 0 Å². The van der Waals surface area contributed by atoms with Gasteiger partial charge in [0.05, 0.1) is 11.4 Å². The lowest BCUT2D eigenvalue weighted by molar-refractivity contribution is 0.413. The van der Waals surface area contributed by atoms with E-state index in [2.05, 4.69) is 9.68 Å². The van der Waals surface area contributed by atoms with Crippen molar-refractivity contribution in [1.82, 2.24) is 5.16 Å². The minimum Gasteiger partial charge on any atom is -0.772 e. The van der Waals surface area contributed by atoms with Crippen molar-refractivity contribution in [1.29, 1.82) is 0 Å². The van der Waals surface area contributed by atoms with Gasteiger partial charge in [-0.1, -0.05) is 5.16 Å². The van der Waals surface area contributed by atoms with E-state index in [0.29, 0.717) is 5.69 Å². The first kappa shape index (κ1) is 6.44. The average molecular weight is 146 g/mol. The maximum atomic E-state index is 9.98. The van der Waals surface area contributed by atoms with E-state index in [0.717, 1.165) is 0 Å². The van der Waals surface area contributed by atoms with Crippen molar-refractivity contribution in [3.8, 4) is 0 Å². The summed E-state index contributed by atoms with van der Waals surface area (Å²) in [6.07, 6.45) is 1.34. The van der Waals surface area contributed by atoms with Crippen molar-refractivity contribution in [3.63, 3.8) is 0 Å². The third-order valence-electron chi connectivity index (χ3n) is 0.757. The van der Waals surface area contributed by atoms with E-state index < -0.39 is 11.1 Å². The van der Waals surface area contributed by atoms with Crippen LogP contribution < -0.4 is 0 Å². The van der Waals surface area contributed by atoms with Crippen molar-refractivity contribution in [2.24, 2.45) is 0 Å². The van der Waals surface area contributed by atoms with Crippen molar-refractivity contribution < 1.29 is 13.3 Å². The van der Waals surface area contributed by atoms with Gasteiger partial charge in [0.25, 0.3) is 0 Å². The Morgan fingerprint density at radius 1 is 1.89 bits per heavy atom. The molecule has 1 aromatic heterocycles. The van der Waals surface area contributed by atoms with Gasteiger partial charge in [0.1, 0.15) is 6.26 Å². The molecule has 0 fully saturated rings. The molecule has 5 heteroatoms. The minimum atomic E-state index is -2.07. The lowest BCUT2D eigenvalue weighted by Crippen LogP contribution is -1.92. The molecule has 0 radical (unpaired) electrons. The van der Waals surface area contributed by atoms with Crippen molar-refractivity contribution in [2.45, 2.75) is 5.75 Å². The highest BCUT2D eigenvalue weighted by molar-refractivity contribution is 7.78. The largest absolute Gasteiger partial charge is 0.772 e. The molecule has 4 nitrogen and oxygen atoms in total. The average Bonchev–Trinajstić information content (AvgIpc) is 2.15. The van der Waals surface area contributed by atoms with Crippen molar-refractivity contribution >= 4 is 11.1 Å². The smallest absolute Gasteiger partial charge is 0.124 e. The molecule has 0 spiro atoms. The Hall–Kier alpha value is -0.680. The van der Waals surface area contributed by atoms with Gasteiger partial charge in [-0.05, 0) is 11.1 Å². The van der Waals surface area contributed by atoms with Gasteiger partial charge in [0, 0.05) is 6.07 Å². The quantitative estimate of drug-likeness (QED) is 0.553. The summed E-state index contributed by atoms with van der Waals surface area (Å²) >= 11 is -2.07. The van der Waals surface area contributed by atoms with Crippen LogP contribution in [0.15, 0.2) is 16.9 Å². The maximum Gasteiger partial charge on any atom is 0.124 e. The van der Waals surface area contributed by atoms with Crippen LogP contribution in [0.5, 0.6) is 0 Å². The van der Waals surface area contributed by atoms with E-state index in [-0.39, 0.29) is 5.75 Å². The molecular formula is C4H4NO3S-. The Labute approximate surface area is 54.1 Å². The maximum absolute atomic E-state index is 9.98. The molecule has 1 rings (SSSR count). The van der Waals surface area contributed by atoms with E-state index >= 15 is 0 Å². The van der Waals surface area contributed by atoms with Gasteiger partial charge >= 0.3 is 0 Å². The number of nitrogens with zero attached hydrogens (tertiary/aromatic N) is 1. The normalized spacial score (nSPS) is 13.4. The summed E-state index contributed by atoms with van der Waals surface area (Å²) in [6, 6.07) is 1.51. The van der Waals surface area contributed by atoms with Gasteiger partial charge in [0.2, 0.25) is 0 Å². The molecule has 0 bridgehead atoms. The first-order valence-electron chi connectivity index (χ1n) is 2.24. The predicted molar refractivity (Wildman–Crippen MR) is 29.1 cm³/mol. The highest BCUT2D eigenvalue weighted by Crippen LogP contribution is 1.96. The van der Waals surface area contributed by atoms with Crippen LogP contribution in [0.2, 0.25) is 0 Å². The monoisotopic (exact) mass is 146 g/mol. The Morgan fingerprint density at radius 2 is 2.67 bits per heavy atom. The fraction of sp³-hybridized carbons (Fsp3) is 0.250. The predicted octanol–water partition coefficient (Wildman–Crippen LogP) is 0.0537. The van der Waals surface area contributed by atoms with Crippen molar-refractivity contribution in [3.05, 3.63) is 18.0 Å². The van der Waals surface area contributed by atoms with Crippen LogP contribution >= 0.6 is 0 Å². The standard InChI is InChI=1S/C4H5NO3S/c6-9(7)3-4-1-2-8-5-4/h1-2H,3H2,(H,6,7)/p-1. The van der Waals surface area contributed by atoms with Gasteiger partial charge in [-0.25, -0.2) is 0 Å². The molecule has 0 amide bonds. The van der Waals surface area contributed by atoms with Crippen molar-refractivity contribution in [2.75, 3.05) is 0 Å². The summed E-state index contributed by atoms with van der Waals surface area (Å²) in [5, 5.41) is 3.39. The summed E-state index contributed by atoms with van der Waals surface area (Å²) in [7, 11) is 0. The second-order valence-corrected chi connectivity index (χ2v) is 2.34. The second-order valence-electron chi connectivity index (χ2n) is 1.44. The number of hydrogen-bond donors (Lipinski definition) is 0. The van der Waals surface area contributed by atoms with Gasteiger partial charge in [-0.2, -0.15) is 0 Å². The zero-order chi connectivity index (χ0) is 6.69. The van der Waals surface area contributed by atoms with E-state index in [4.69, 9.17) is 0 Å². The summed E-state index contributed by atoms with van der Waals surface area (Å²) in [4.78, 5) is 0. The lowest BCUT2D eigenvalue weighted by atomic mass is 10.5. The molecule has 50 valence electrons. The van der Waals surface area contributed by atoms with Gasteiger partial charge in [-0.15, -0.1) is 0 Å². The van der Waals surface area contributed by atoms with Crippen LogP contribution in [-0.4, -0.2) is 13.9 Å². The third kappa shape index (κ3) is 1.95. The number of aromatic nitrogens is 1. The van der Waals surface area contributed by atoms with E-state index in [1.165, 1.54) is 12.3 Å². The molecule has 0 aliphatic rings. The number of hydrogen-bond acceptors (Lipinski definition) is 4. The second kappa shape index (κ2) is 2.75. The molecule has 0 saturated heterocycles. The van der Waals surface area contributed by atoms with E-state index in [1.54, 1.807) is 0 Å². The molecule has 0 aromatic carbocycles. The molecule has 0 saturated carbocycles. The zero-order valence-corrected chi connectivity index (χ0v) is 5.26. The Kier molecular flexibility index (Phi) is 1.96. The first-order valence-corrected chi connectivity index (χ1v) is 3.48. The molecule has 1 atom stereocenters. The summed E-state index contributed by atoms with van der Waals surface area (Å²) in [5.74, 6) is -0.0729. The van der Waals surface area contributed by atoms with E-state index in [1.807, 2.05) is 0 Å². The Bertz CT molecular complexity index is 196. The van der Waals surface area contributed by atoms with Crippen LogP contribution in [0, 0.1) is 0 Å². The first-order chi connectivity index (χ1) is 4.29. The molecular weight excluding hydrogens is 142 g/mol. The van der Waals surface area contributed by atoms with Crippen LogP contribution in [0.25, 0.3) is 0 Å². The third-order valence-corrected chi connectivity index (χ3v) is 1.29. The van der Waals surface area contributed by atoms with Gasteiger partial charge in [-0.3, -0.25) is 4.21 Å². The highest BCUT2D eigenvalue weighted by Gasteiger charge is 1.93. The molecule has 0 aliphatic carbocycles. The van der Waals surface area contributed by atoms with Crippen LogP contribution in [0.1, 0.15) is 5.69 Å². The van der Waals surface area contributed by atoms with Crippen LogP contribution in [-0.2, 0) is 16.8 Å².